The van der Waals surface area contributed by atoms with Crippen molar-refractivity contribution in [3.63, 3.8) is 0 Å². The molecule has 1 aromatic carbocycles. The highest BCUT2D eigenvalue weighted by molar-refractivity contribution is 5.93. The summed E-state index contributed by atoms with van der Waals surface area (Å²) in [6.45, 7) is 2.88. The van der Waals surface area contributed by atoms with Crippen molar-refractivity contribution >= 4 is 22.5 Å². The minimum atomic E-state index is 0.0415. The Labute approximate surface area is 118 Å². The number of aromatic nitrogens is 1. The van der Waals surface area contributed by atoms with Crippen molar-refractivity contribution in [3.8, 4) is 5.75 Å². The third-order valence-corrected chi connectivity index (χ3v) is 3.28. The molecule has 0 aliphatic heterocycles. The number of fused-ring (bicyclic) bond motifs is 1. The van der Waals surface area contributed by atoms with E-state index in [1.165, 1.54) is 0 Å². The van der Waals surface area contributed by atoms with Gasteiger partial charge in [-0.1, -0.05) is 0 Å². The zero-order valence-electron chi connectivity index (χ0n) is 12.0. The number of carbonyl (C=O) groups excluding carboxylic acids is 1. The smallest absolute Gasteiger partial charge is 0.241 e. The summed E-state index contributed by atoms with van der Waals surface area (Å²) >= 11 is 0. The van der Waals surface area contributed by atoms with E-state index in [1.807, 2.05) is 31.2 Å². The van der Waals surface area contributed by atoms with Gasteiger partial charge in [-0.25, -0.2) is 4.98 Å². The maximum atomic E-state index is 11.8. The van der Waals surface area contributed by atoms with Gasteiger partial charge in [-0.2, -0.15) is 0 Å². The van der Waals surface area contributed by atoms with Crippen LogP contribution in [0.15, 0.2) is 30.5 Å². The van der Waals surface area contributed by atoms with Gasteiger partial charge in [0.2, 0.25) is 5.91 Å². The zero-order chi connectivity index (χ0) is 14.5. The first-order valence-corrected chi connectivity index (χ1v) is 6.56. The Morgan fingerprint density at radius 2 is 2.20 bits per heavy atom. The molecule has 106 valence electrons. The van der Waals surface area contributed by atoms with Crippen LogP contribution in [-0.4, -0.2) is 43.0 Å². The molecular weight excluding hydrogens is 254 g/mol. The van der Waals surface area contributed by atoms with Crippen LogP contribution in [0, 0.1) is 0 Å². The third-order valence-electron chi connectivity index (χ3n) is 3.28. The highest BCUT2D eigenvalue weighted by atomic mass is 16.5. The zero-order valence-corrected chi connectivity index (χ0v) is 12.0. The first kappa shape index (κ1) is 14.1. The van der Waals surface area contributed by atoms with E-state index in [9.17, 15) is 4.79 Å². The lowest BCUT2D eigenvalue weighted by molar-refractivity contribution is -0.127. The second-order valence-electron chi connectivity index (χ2n) is 4.51. The summed E-state index contributed by atoms with van der Waals surface area (Å²) in [5.74, 6) is 1.55. The summed E-state index contributed by atoms with van der Waals surface area (Å²) < 4.78 is 5.20. The van der Waals surface area contributed by atoms with E-state index in [2.05, 4.69) is 10.3 Å². The van der Waals surface area contributed by atoms with Crippen LogP contribution in [0.5, 0.6) is 5.75 Å². The van der Waals surface area contributed by atoms with E-state index in [1.54, 1.807) is 25.3 Å². The molecule has 0 unspecified atom stereocenters. The van der Waals surface area contributed by atoms with Gasteiger partial charge in [0.1, 0.15) is 11.6 Å². The molecule has 0 bridgehead atoms. The molecule has 0 saturated heterocycles. The minimum absolute atomic E-state index is 0.0415. The summed E-state index contributed by atoms with van der Waals surface area (Å²) in [6, 6.07) is 7.69. The molecule has 0 saturated carbocycles. The predicted molar refractivity (Wildman–Crippen MR) is 80.1 cm³/mol. The molecule has 0 aliphatic rings. The molecule has 0 radical (unpaired) electrons. The molecule has 0 fully saturated rings. The normalized spacial score (nSPS) is 10.3. The Balaban J connectivity index is 2.20. The molecule has 1 heterocycles. The van der Waals surface area contributed by atoms with Crippen LogP contribution in [0.1, 0.15) is 6.92 Å². The van der Waals surface area contributed by atoms with Crippen molar-refractivity contribution in [1.29, 1.82) is 0 Å². The lowest BCUT2D eigenvalue weighted by Crippen LogP contribution is -2.32. The van der Waals surface area contributed by atoms with Crippen LogP contribution in [0.4, 0.5) is 5.82 Å². The number of benzene rings is 1. The van der Waals surface area contributed by atoms with Gasteiger partial charge in [0, 0.05) is 25.2 Å². The van der Waals surface area contributed by atoms with E-state index >= 15 is 0 Å². The van der Waals surface area contributed by atoms with Crippen molar-refractivity contribution in [2.45, 2.75) is 6.92 Å². The lowest BCUT2D eigenvalue weighted by atomic mass is 10.1. The van der Waals surface area contributed by atoms with Crippen LogP contribution < -0.4 is 10.1 Å². The summed E-state index contributed by atoms with van der Waals surface area (Å²) in [5.41, 5.74) is 0. The summed E-state index contributed by atoms with van der Waals surface area (Å²) in [5, 5.41) is 5.10. The standard InChI is InChI=1S/C15H19N3O2/c1-4-18(2)14(19)10-17-15-13-6-5-12(20-3)9-11(13)7-8-16-15/h5-9H,4,10H2,1-3H3,(H,16,17). The van der Waals surface area contributed by atoms with Crippen molar-refractivity contribution in [3.05, 3.63) is 30.5 Å². The lowest BCUT2D eigenvalue weighted by Gasteiger charge is -2.15. The summed E-state index contributed by atoms with van der Waals surface area (Å²) in [4.78, 5) is 17.8. The van der Waals surface area contributed by atoms with Gasteiger partial charge in [-0.3, -0.25) is 4.79 Å². The Morgan fingerprint density at radius 1 is 1.40 bits per heavy atom. The number of nitrogens with one attached hydrogen (secondary N) is 1. The second kappa shape index (κ2) is 6.23. The largest absolute Gasteiger partial charge is 0.497 e. The average Bonchev–Trinajstić information content (AvgIpc) is 2.50. The van der Waals surface area contributed by atoms with Gasteiger partial charge in [0.25, 0.3) is 0 Å². The van der Waals surface area contributed by atoms with Crippen molar-refractivity contribution in [2.24, 2.45) is 0 Å². The molecule has 20 heavy (non-hydrogen) atoms. The number of pyridine rings is 1. The molecular formula is C15H19N3O2. The summed E-state index contributed by atoms with van der Waals surface area (Å²) in [7, 11) is 3.42. The number of hydrogen-bond acceptors (Lipinski definition) is 4. The van der Waals surface area contributed by atoms with Crippen LogP contribution in [-0.2, 0) is 4.79 Å². The second-order valence-corrected chi connectivity index (χ2v) is 4.51. The SMILES string of the molecule is CCN(C)C(=O)CNc1nccc2cc(OC)ccc12. The number of likely N-dealkylation sites (N-methyl/N-ethyl adjacent to an activating group) is 1. The molecule has 2 aromatic rings. The van der Waals surface area contributed by atoms with E-state index in [0.717, 1.165) is 16.5 Å². The molecule has 1 aromatic heterocycles. The Bertz CT molecular complexity index is 613. The summed E-state index contributed by atoms with van der Waals surface area (Å²) in [6.07, 6.45) is 1.72. The molecule has 5 nitrogen and oxygen atoms in total. The fourth-order valence-electron chi connectivity index (χ4n) is 1.89. The van der Waals surface area contributed by atoms with Crippen molar-refractivity contribution in [2.75, 3.05) is 32.6 Å². The molecule has 1 N–H and O–H groups in total. The van der Waals surface area contributed by atoms with Gasteiger partial charge in [-0.15, -0.1) is 0 Å². The number of carbonyl (C=O) groups is 1. The molecule has 0 atom stereocenters. The van der Waals surface area contributed by atoms with Crippen LogP contribution >= 0.6 is 0 Å². The highest BCUT2D eigenvalue weighted by Gasteiger charge is 2.08. The van der Waals surface area contributed by atoms with E-state index in [0.29, 0.717) is 12.4 Å². The monoisotopic (exact) mass is 273 g/mol. The van der Waals surface area contributed by atoms with Gasteiger partial charge in [0.05, 0.1) is 13.7 Å². The van der Waals surface area contributed by atoms with Crippen LogP contribution in [0.25, 0.3) is 10.8 Å². The van der Waals surface area contributed by atoms with E-state index in [4.69, 9.17) is 4.74 Å². The quantitative estimate of drug-likeness (QED) is 0.906. The number of amides is 1. The van der Waals surface area contributed by atoms with Crippen molar-refractivity contribution in [1.82, 2.24) is 9.88 Å². The fourth-order valence-corrected chi connectivity index (χ4v) is 1.89. The maximum Gasteiger partial charge on any atom is 0.241 e. The van der Waals surface area contributed by atoms with Crippen LogP contribution in [0.3, 0.4) is 0 Å². The first-order chi connectivity index (χ1) is 9.65. The topological polar surface area (TPSA) is 54.5 Å². The van der Waals surface area contributed by atoms with Gasteiger partial charge >= 0.3 is 0 Å². The van der Waals surface area contributed by atoms with E-state index < -0.39 is 0 Å². The van der Waals surface area contributed by atoms with Gasteiger partial charge in [-0.05, 0) is 36.6 Å². The third kappa shape index (κ3) is 2.99. The predicted octanol–water partition coefficient (Wildman–Crippen LogP) is 2.13. The Kier molecular flexibility index (Phi) is 4.40. The number of anilines is 1. The van der Waals surface area contributed by atoms with Gasteiger partial charge < -0.3 is 15.0 Å². The maximum absolute atomic E-state index is 11.8. The molecule has 0 spiro atoms. The average molecular weight is 273 g/mol. The fraction of sp³-hybridized carbons (Fsp3) is 0.333. The Morgan fingerprint density at radius 3 is 2.90 bits per heavy atom. The minimum Gasteiger partial charge on any atom is -0.497 e. The van der Waals surface area contributed by atoms with Crippen molar-refractivity contribution < 1.29 is 9.53 Å². The highest BCUT2D eigenvalue weighted by Crippen LogP contribution is 2.25. The van der Waals surface area contributed by atoms with Gasteiger partial charge in [0.15, 0.2) is 0 Å². The molecule has 0 aliphatic carbocycles. The molecule has 2 rings (SSSR count). The Hall–Kier alpha value is -2.30. The number of ether oxygens (including phenoxy) is 1. The molecule has 5 heteroatoms. The molecule has 1 amide bonds. The first-order valence-electron chi connectivity index (χ1n) is 6.56. The van der Waals surface area contributed by atoms with E-state index in [-0.39, 0.29) is 12.5 Å². The number of hydrogen-bond donors (Lipinski definition) is 1. The number of rotatable bonds is 5. The number of methoxy groups -OCH3 is 1. The number of nitrogens with zero attached hydrogens (tertiary/aromatic N) is 2. The van der Waals surface area contributed by atoms with Crippen LogP contribution in [0.2, 0.25) is 0 Å².